The Kier molecular flexibility index (Phi) is 4.20. The molecule has 0 spiro atoms. The molecule has 3 aromatic rings. The van der Waals surface area contributed by atoms with Gasteiger partial charge in [0.15, 0.2) is 5.65 Å². The van der Waals surface area contributed by atoms with Crippen LogP contribution in [0.2, 0.25) is 0 Å². The lowest BCUT2D eigenvalue weighted by Gasteiger charge is -2.10. The van der Waals surface area contributed by atoms with Crippen molar-refractivity contribution in [2.24, 2.45) is 0 Å². The van der Waals surface area contributed by atoms with Crippen LogP contribution in [0.4, 0.5) is 0 Å². The van der Waals surface area contributed by atoms with Crippen molar-refractivity contribution >= 4 is 34.3 Å². The SMILES string of the molecule is CCn1ncc2c(C(=O)O[C@@H]3C[C@H](C)OC3=O)cc(-c3cccs3)nc21. The zero-order chi connectivity index (χ0) is 18.3. The van der Waals surface area contributed by atoms with E-state index in [0.29, 0.717) is 35.3 Å². The van der Waals surface area contributed by atoms with Crippen molar-refractivity contribution in [1.82, 2.24) is 14.8 Å². The van der Waals surface area contributed by atoms with Gasteiger partial charge in [-0.05, 0) is 31.4 Å². The molecule has 134 valence electrons. The number of carbonyl (C=O) groups is 2. The van der Waals surface area contributed by atoms with Gasteiger partial charge >= 0.3 is 11.9 Å². The molecule has 0 aromatic carbocycles. The van der Waals surface area contributed by atoms with E-state index in [9.17, 15) is 9.59 Å². The first kappa shape index (κ1) is 16.7. The highest BCUT2D eigenvalue weighted by atomic mass is 32.1. The maximum absolute atomic E-state index is 12.8. The summed E-state index contributed by atoms with van der Waals surface area (Å²) in [7, 11) is 0. The monoisotopic (exact) mass is 371 g/mol. The zero-order valence-electron chi connectivity index (χ0n) is 14.3. The van der Waals surface area contributed by atoms with E-state index in [4.69, 9.17) is 9.47 Å². The van der Waals surface area contributed by atoms with Gasteiger partial charge in [0, 0.05) is 13.0 Å². The van der Waals surface area contributed by atoms with E-state index >= 15 is 0 Å². The van der Waals surface area contributed by atoms with E-state index in [1.54, 1.807) is 23.9 Å². The van der Waals surface area contributed by atoms with Gasteiger partial charge in [0.1, 0.15) is 6.10 Å². The lowest BCUT2D eigenvalue weighted by molar-refractivity contribution is -0.147. The smallest absolute Gasteiger partial charge is 0.347 e. The van der Waals surface area contributed by atoms with Crippen molar-refractivity contribution in [2.45, 2.75) is 39.0 Å². The van der Waals surface area contributed by atoms with Gasteiger partial charge in [-0.25, -0.2) is 19.3 Å². The summed E-state index contributed by atoms with van der Waals surface area (Å²) in [5, 5.41) is 6.85. The molecule has 0 bridgehead atoms. The maximum Gasteiger partial charge on any atom is 0.347 e. The molecule has 0 radical (unpaired) electrons. The number of thiophene rings is 1. The van der Waals surface area contributed by atoms with Crippen LogP contribution in [0.1, 0.15) is 30.6 Å². The second-order valence-electron chi connectivity index (χ2n) is 6.11. The van der Waals surface area contributed by atoms with E-state index in [1.165, 1.54) is 11.3 Å². The van der Waals surface area contributed by atoms with Crippen LogP contribution in [-0.4, -0.2) is 38.9 Å². The average molecular weight is 371 g/mol. The number of carbonyl (C=O) groups excluding carboxylic acids is 2. The Hall–Kier alpha value is -2.74. The van der Waals surface area contributed by atoms with Gasteiger partial charge in [-0.2, -0.15) is 5.10 Å². The first-order valence-electron chi connectivity index (χ1n) is 8.38. The molecule has 0 saturated carbocycles. The highest BCUT2D eigenvalue weighted by molar-refractivity contribution is 7.13. The number of ether oxygens (including phenoxy) is 2. The second kappa shape index (κ2) is 6.53. The molecule has 1 saturated heterocycles. The number of aryl methyl sites for hydroxylation is 1. The Labute approximate surface area is 153 Å². The Balaban J connectivity index is 1.76. The summed E-state index contributed by atoms with van der Waals surface area (Å²) in [5.74, 6) is -1.07. The van der Waals surface area contributed by atoms with Gasteiger partial charge in [0.05, 0.1) is 27.7 Å². The topological polar surface area (TPSA) is 83.3 Å². The molecule has 0 unspecified atom stereocenters. The minimum atomic E-state index is -0.868. The van der Waals surface area contributed by atoms with E-state index in [-0.39, 0.29) is 6.10 Å². The number of nitrogens with zero attached hydrogens (tertiary/aromatic N) is 3. The minimum absolute atomic E-state index is 0.248. The minimum Gasteiger partial charge on any atom is -0.460 e. The van der Waals surface area contributed by atoms with Crippen molar-refractivity contribution in [3.63, 3.8) is 0 Å². The van der Waals surface area contributed by atoms with E-state index < -0.39 is 18.0 Å². The van der Waals surface area contributed by atoms with Gasteiger partial charge in [0.25, 0.3) is 0 Å². The number of hydrogen-bond acceptors (Lipinski definition) is 7. The number of hydrogen-bond donors (Lipinski definition) is 0. The molecule has 7 nitrogen and oxygen atoms in total. The fourth-order valence-corrected chi connectivity index (χ4v) is 3.69. The number of aromatic nitrogens is 3. The highest BCUT2D eigenvalue weighted by Crippen LogP contribution is 2.29. The normalized spacial score (nSPS) is 19.7. The van der Waals surface area contributed by atoms with E-state index in [2.05, 4.69) is 10.1 Å². The predicted molar refractivity (Wildman–Crippen MR) is 95.9 cm³/mol. The molecule has 1 fully saturated rings. The predicted octanol–water partition coefficient (Wildman–Crippen LogP) is 3.04. The summed E-state index contributed by atoms with van der Waals surface area (Å²) in [5.41, 5.74) is 1.65. The largest absolute Gasteiger partial charge is 0.460 e. The number of cyclic esters (lactones) is 1. The first-order valence-corrected chi connectivity index (χ1v) is 9.26. The van der Waals surface area contributed by atoms with Crippen LogP contribution in [0.5, 0.6) is 0 Å². The Morgan fingerprint density at radius 3 is 3.00 bits per heavy atom. The van der Waals surface area contributed by atoms with Gasteiger partial charge in [-0.1, -0.05) is 6.07 Å². The van der Waals surface area contributed by atoms with Crippen molar-refractivity contribution in [3.05, 3.63) is 35.3 Å². The Morgan fingerprint density at radius 2 is 2.35 bits per heavy atom. The fourth-order valence-electron chi connectivity index (χ4n) is 3.01. The molecular weight excluding hydrogens is 354 g/mol. The molecule has 8 heteroatoms. The number of fused-ring (bicyclic) bond motifs is 1. The van der Waals surface area contributed by atoms with Crippen LogP contribution in [-0.2, 0) is 20.8 Å². The summed E-state index contributed by atoms with van der Waals surface area (Å²) in [4.78, 5) is 30.2. The molecule has 26 heavy (non-hydrogen) atoms. The molecular formula is C18H17N3O4S. The van der Waals surface area contributed by atoms with Crippen molar-refractivity contribution in [2.75, 3.05) is 0 Å². The molecule has 0 N–H and O–H groups in total. The standard InChI is InChI=1S/C18H17N3O4S/c1-3-21-16-12(9-19-21)11(8-13(20-16)15-5-4-6-26-15)17(22)25-14-7-10(2)24-18(14)23/h4-6,8-10,14H,3,7H2,1-2H3/t10-,14+/m0/s1. The quantitative estimate of drug-likeness (QED) is 0.656. The highest BCUT2D eigenvalue weighted by Gasteiger charge is 2.35. The summed E-state index contributed by atoms with van der Waals surface area (Å²) in [6.07, 6.45) is 0.857. The lowest BCUT2D eigenvalue weighted by Crippen LogP contribution is -2.23. The second-order valence-corrected chi connectivity index (χ2v) is 7.05. The fraction of sp³-hybridized carbons (Fsp3) is 0.333. The van der Waals surface area contributed by atoms with E-state index in [1.807, 2.05) is 24.4 Å². The van der Waals surface area contributed by atoms with Crippen LogP contribution in [0.15, 0.2) is 29.8 Å². The van der Waals surface area contributed by atoms with Gasteiger partial charge in [0.2, 0.25) is 6.10 Å². The van der Waals surface area contributed by atoms with Crippen LogP contribution in [0.3, 0.4) is 0 Å². The molecule has 4 heterocycles. The number of pyridine rings is 1. The summed E-state index contributed by atoms with van der Waals surface area (Å²) in [6.45, 7) is 4.36. The zero-order valence-corrected chi connectivity index (χ0v) is 15.2. The van der Waals surface area contributed by atoms with E-state index in [0.717, 1.165) is 4.88 Å². The third-order valence-electron chi connectivity index (χ3n) is 4.28. The number of esters is 2. The van der Waals surface area contributed by atoms with Crippen molar-refractivity contribution in [3.8, 4) is 10.6 Å². The average Bonchev–Trinajstić information content (AvgIpc) is 3.34. The maximum atomic E-state index is 12.8. The van der Waals surface area contributed by atoms with Crippen molar-refractivity contribution < 1.29 is 19.1 Å². The third-order valence-corrected chi connectivity index (χ3v) is 5.17. The molecule has 0 aliphatic carbocycles. The van der Waals surface area contributed by atoms with Crippen LogP contribution < -0.4 is 0 Å². The summed E-state index contributed by atoms with van der Waals surface area (Å²) in [6, 6.07) is 5.56. The third kappa shape index (κ3) is 2.86. The summed E-state index contributed by atoms with van der Waals surface area (Å²) < 4.78 is 12.2. The Morgan fingerprint density at radius 1 is 1.50 bits per heavy atom. The Bertz CT molecular complexity index is 980. The molecule has 4 rings (SSSR count). The van der Waals surface area contributed by atoms with Gasteiger partial charge in [-0.15, -0.1) is 11.3 Å². The summed E-state index contributed by atoms with van der Waals surface area (Å²) >= 11 is 1.54. The van der Waals surface area contributed by atoms with Crippen LogP contribution >= 0.6 is 11.3 Å². The van der Waals surface area contributed by atoms with Gasteiger partial charge in [-0.3, -0.25) is 0 Å². The number of rotatable bonds is 4. The van der Waals surface area contributed by atoms with Crippen LogP contribution in [0, 0.1) is 0 Å². The molecule has 2 atom stereocenters. The lowest BCUT2D eigenvalue weighted by atomic mass is 10.1. The molecule has 3 aromatic heterocycles. The first-order chi connectivity index (χ1) is 12.6. The molecule has 1 aliphatic rings. The van der Waals surface area contributed by atoms with Crippen molar-refractivity contribution in [1.29, 1.82) is 0 Å². The molecule has 0 amide bonds. The van der Waals surface area contributed by atoms with Gasteiger partial charge < -0.3 is 9.47 Å². The molecule has 1 aliphatic heterocycles. The van der Waals surface area contributed by atoms with Crippen LogP contribution in [0.25, 0.3) is 21.6 Å².